The van der Waals surface area contributed by atoms with Gasteiger partial charge < -0.3 is 10.4 Å². The van der Waals surface area contributed by atoms with Gasteiger partial charge in [-0.25, -0.2) is 4.79 Å². The van der Waals surface area contributed by atoms with E-state index >= 15 is 0 Å². The average Bonchev–Trinajstić information content (AvgIpc) is 2.85. The summed E-state index contributed by atoms with van der Waals surface area (Å²) in [7, 11) is 0. The fourth-order valence-electron chi connectivity index (χ4n) is 1.69. The molecule has 0 fully saturated rings. The predicted octanol–water partition coefficient (Wildman–Crippen LogP) is 4.73. The summed E-state index contributed by atoms with van der Waals surface area (Å²) >= 11 is 6.90. The molecule has 3 nitrogen and oxygen atoms in total. The van der Waals surface area contributed by atoms with Crippen molar-refractivity contribution in [2.24, 2.45) is 0 Å². The van der Waals surface area contributed by atoms with E-state index in [0.717, 1.165) is 29.5 Å². The van der Waals surface area contributed by atoms with E-state index in [1.165, 1.54) is 0 Å². The summed E-state index contributed by atoms with van der Waals surface area (Å²) in [6.45, 7) is 0.0756. The maximum absolute atomic E-state index is 12.6. The third-order valence-electron chi connectivity index (χ3n) is 2.70. The molecule has 0 saturated carbocycles. The molecule has 0 atom stereocenters. The van der Waals surface area contributed by atoms with E-state index in [9.17, 15) is 18.0 Å². The number of hydrogen-bond donors (Lipinski definition) is 2. The quantitative estimate of drug-likeness (QED) is 0.849. The first-order valence-electron chi connectivity index (χ1n) is 5.69. The zero-order chi connectivity index (χ0) is 15.6. The van der Waals surface area contributed by atoms with Gasteiger partial charge >= 0.3 is 12.1 Å². The summed E-state index contributed by atoms with van der Waals surface area (Å²) in [5.41, 5.74) is -0.229. The Morgan fingerprint density at radius 1 is 1.33 bits per heavy atom. The number of alkyl halides is 3. The van der Waals surface area contributed by atoms with Crippen LogP contribution in [0.3, 0.4) is 0 Å². The monoisotopic (exact) mass is 335 g/mol. The minimum atomic E-state index is -4.46. The van der Waals surface area contributed by atoms with E-state index in [1.54, 1.807) is 11.4 Å². The Kier molecular flexibility index (Phi) is 4.43. The molecular formula is C13H9ClF3NO2S. The van der Waals surface area contributed by atoms with E-state index in [0.29, 0.717) is 5.56 Å². The molecule has 0 aliphatic rings. The fourth-order valence-corrected chi connectivity index (χ4v) is 2.64. The number of aromatic carboxylic acids is 1. The van der Waals surface area contributed by atoms with Crippen LogP contribution in [0.25, 0.3) is 0 Å². The van der Waals surface area contributed by atoms with Crippen LogP contribution in [-0.4, -0.2) is 11.1 Å². The summed E-state index contributed by atoms with van der Waals surface area (Å²) in [6.07, 6.45) is -4.46. The minimum Gasteiger partial charge on any atom is -0.477 e. The zero-order valence-electron chi connectivity index (χ0n) is 10.4. The fraction of sp³-hybridized carbons (Fsp3) is 0.154. The van der Waals surface area contributed by atoms with Crippen LogP contribution in [0.15, 0.2) is 29.6 Å². The van der Waals surface area contributed by atoms with Gasteiger partial charge in [0.2, 0.25) is 0 Å². The van der Waals surface area contributed by atoms with Gasteiger partial charge in [0.15, 0.2) is 0 Å². The van der Waals surface area contributed by atoms with Gasteiger partial charge in [0.1, 0.15) is 4.88 Å². The van der Waals surface area contributed by atoms with E-state index in [2.05, 4.69) is 5.32 Å². The van der Waals surface area contributed by atoms with Crippen LogP contribution in [0.1, 0.15) is 20.8 Å². The van der Waals surface area contributed by atoms with E-state index in [-0.39, 0.29) is 22.1 Å². The molecule has 2 N–H and O–H groups in total. The van der Waals surface area contributed by atoms with Crippen LogP contribution in [0.5, 0.6) is 0 Å². The first-order chi connectivity index (χ1) is 9.79. The van der Waals surface area contributed by atoms with Crippen molar-refractivity contribution < 1.29 is 23.1 Å². The van der Waals surface area contributed by atoms with Gasteiger partial charge in [0, 0.05) is 6.54 Å². The number of benzene rings is 1. The predicted molar refractivity (Wildman–Crippen MR) is 75.1 cm³/mol. The minimum absolute atomic E-state index is 0.0756. The van der Waals surface area contributed by atoms with Gasteiger partial charge in [0.05, 0.1) is 16.3 Å². The second-order valence-corrected chi connectivity index (χ2v) is 5.45. The van der Waals surface area contributed by atoms with Crippen molar-refractivity contribution in [2.75, 3.05) is 5.32 Å². The summed E-state index contributed by atoms with van der Waals surface area (Å²) < 4.78 is 37.9. The normalized spacial score (nSPS) is 11.4. The Morgan fingerprint density at radius 2 is 2.05 bits per heavy atom. The van der Waals surface area contributed by atoms with E-state index in [1.807, 2.05) is 0 Å². The molecule has 2 rings (SSSR count). The summed E-state index contributed by atoms with van der Waals surface area (Å²) in [6, 6.07) is 4.54. The first-order valence-corrected chi connectivity index (χ1v) is 6.95. The number of carboxylic acids is 1. The highest BCUT2D eigenvalue weighted by molar-refractivity contribution is 7.12. The second kappa shape index (κ2) is 5.95. The molecule has 8 heteroatoms. The molecule has 0 spiro atoms. The molecule has 0 aliphatic heterocycles. The lowest BCUT2D eigenvalue weighted by Gasteiger charge is -2.12. The number of halogens is 4. The third-order valence-corrected chi connectivity index (χ3v) is 3.98. The number of rotatable bonds is 4. The lowest BCUT2D eigenvalue weighted by atomic mass is 10.2. The van der Waals surface area contributed by atoms with Gasteiger partial charge in [-0.3, -0.25) is 0 Å². The van der Waals surface area contributed by atoms with Crippen LogP contribution in [0, 0.1) is 0 Å². The maximum Gasteiger partial charge on any atom is 0.416 e. The van der Waals surface area contributed by atoms with Crippen LogP contribution < -0.4 is 5.32 Å². The van der Waals surface area contributed by atoms with Crippen molar-refractivity contribution in [1.29, 1.82) is 0 Å². The second-order valence-electron chi connectivity index (χ2n) is 4.13. The number of anilines is 1. The molecule has 112 valence electrons. The van der Waals surface area contributed by atoms with Crippen LogP contribution in [-0.2, 0) is 12.7 Å². The van der Waals surface area contributed by atoms with Crippen LogP contribution in [0.4, 0.5) is 18.9 Å². The molecule has 0 bridgehead atoms. The van der Waals surface area contributed by atoms with Crippen molar-refractivity contribution >= 4 is 34.6 Å². The molecule has 0 radical (unpaired) electrons. The Labute approximate surface area is 127 Å². The molecule has 2 aromatic rings. The topological polar surface area (TPSA) is 49.3 Å². The first kappa shape index (κ1) is 15.7. The molecule has 0 saturated heterocycles. The molecule has 0 amide bonds. The summed E-state index contributed by atoms with van der Waals surface area (Å²) in [4.78, 5) is 11.1. The van der Waals surface area contributed by atoms with E-state index in [4.69, 9.17) is 16.7 Å². The number of carbonyl (C=O) groups is 1. The Morgan fingerprint density at radius 3 is 2.67 bits per heavy atom. The van der Waals surface area contributed by atoms with Crippen LogP contribution >= 0.6 is 22.9 Å². The van der Waals surface area contributed by atoms with Crippen molar-refractivity contribution in [1.82, 2.24) is 0 Å². The lowest BCUT2D eigenvalue weighted by molar-refractivity contribution is -0.137. The van der Waals surface area contributed by atoms with Crippen molar-refractivity contribution in [3.8, 4) is 0 Å². The highest BCUT2D eigenvalue weighted by Crippen LogP contribution is 2.34. The Bertz CT molecular complexity index is 670. The largest absolute Gasteiger partial charge is 0.477 e. The lowest BCUT2D eigenvalue weighted by Crippen LogP contribution is -2.08. The number of thiophene rings is 1. The molecule has 1 aromatic carbocycles. The molecule has 0 aliphatic carbocycles. The zero-order valence-corrected chi connectivity index (χ0v) is 11.9. The van der Waals surface area contributed by atoms with E-state index < -0.39 is 17.7 Å². The molecule has 21 heavy (non-hydrogen) atoms. The van der Waals surface area contributed by atoms with Crippen molar-refractivity contribution in [3.63, 3.8) is 0 Å². The smallest absolute Gasteiger partial charge is 0.416 e. The number of carboxylic acid groups (broad SMARTS) is 1. The highest BCUT2D eigenvalue weighted by atomic mass is 35.5. The van der Waals surface area contributed by atoms with Gasteiger partial charge in [-0.05, 0) is 35.2 Å². The standard InChI is InChI=1S/C13H9ClF3NO2S/c14-9-2-1-8(13(15,16)17)5-10(9)18-6-7-3-4-21-11(7)12(19)20/h1-5,18H,6H2,(H,19,20). The van der Waals surface area contributed by atoms with Gasteiger partial charge in [-0.1, -0.05) is 11.6 Å². The van der Waals surface area contributed by atoms with Gasteiger partial charge in [-0.15, -0.1) is 11.3 Å². The van der Waals surface area contributed by atoms with Crippen molar-refractivity contribution in [3.05, 3.63) is 50.7 Å². The number of nitrogens with one attached hydrogen (secondary N) is 1. The van der Waals surface area contributed by atoms with Gasteiger partial charge in [-0.2, -0.15) is 13.2 Å². The number of hydrogen-bond acceptors (Lipinski definition) is 3. The SMILES string of the molecule is O=C(O)c1sccc1CNc1cc(C(F)(F)F)ccc1Cl. The van der Waals surface area contributed by atoms with Gasteiger partial charge in [0.25, 0.3) is 0 Å². The van der Waals surface area contributed by atoms with Crippen LogP contribution in [0.2, 0.25) is 5.02 Å². The Hall–Kier alpha value is -1.73. The maximum atomic E-state index is 12.6. The highest BCUT2D eigenvalue weighted by Gasteiger charge is 2.30. The molecule has 0 unspecified atom stereocenters. The third kappa shape index (κ3) is 3.68. The van der Waals surface area contributed by atoms with Crippen molar-refractivity contribution in [2.45, 2.75) is 12.7 Å². The average molecular weight is 336 g/mol. The molecule has 1 heterocycles. The summed E-state index contributed by atoms with van der Waals surface area (Å²) in [5, 5.41) is 13.4. The molecule has 1 aromatic heterocycles. The summed E-state index contributed by atoms with van der Waals surface area (Å²) in [5.74, 6) is -1.07. The molecular weight excluding hydrogens is 327 g/mol. The Balaban J connectivity index is 2.20.